The van der Waals surface area contributed by atoms with Gasteiger partial charge in [-0.15, -0.1) is 0 Å². The number of hydrogen-bond donors (Lipinski definition) is 0. The number of nitriles is 1. The number of hydrogen-bond acceptors (Lipinski definition) is 7. The molecule has 0 bridgehead atoms. The first-order valence-corrected chi connectivity index (χ1v) is 16.8. The van der Waals surface area contributed by atoms with Gasteiger partial charge in [-0.25, -0.2) is 4.98 Å². The Labute approximate surface area is 299 Å². The van der Waals surface area contributed by atoms with Crippen molar-refractivity contribution in [2.75, 3.05) is 48.9 Å². The number of carbonyl (C=O) groups excluding carboxylic acids is 3. The minimum atomic E-state index is -4.67. The Morgan fingerprint density at radius 1 is 1.16 bits per heavy atom. The van der Waals surface area contributed by atoms with E-state index in [9.17, 15) is 32.8 Å². The van der Waals surface area contributed by atoms with Crippen LogP contribution in [-0.4, -0.2) is 72.8 Å². The van der Waals surface area contributed by atoms with Gasteiger partial charge in [-0.1, -0.05) is 41.9 Å². The molecule has 3 aromatic rings. The van der Waals surface area contributed by atoms with Crippen molar-refractivity contribution in [3.8, 4) is 6.07 Å². The molecule has 4 heterocycles. The van der Waals surface area contributed by atoms with E-state index < -0.39 is 41.6 Å². The van der Waals surface area contributed by atoms with Crippen molar-refractivity contribution in [2.24, 2.45) is 5.92 Å². The van der Waals surface area contributed by atoms with E-state index in [0.717, 1.165) is 33.7 Å². The largest absolute Gasteiger partial charge is 0.416 e. The van der Waals surface area contributed by atoms with Crippen LogP contribution < -0.4 is 14.7 Å². The van der Waals surface area contributed by atoms with Crippen LogP contribution >= 0.6 is 11.6 Å². The Balaban J connectivity index is 1.36. The molecular formula is C37H37ClF3N7O3. The van der Waals surface area contributed by atoms with Gasteiger partial charge < -0.3 is 19.6 Å². The van der Waals surface area contributed by atoms with Crippen molar-refractivity contribution in [3.63, 3.8) is 0 Å². The number of rotatable bonds is 7. The summed E-state index contributed by atoms with van der Waals surface area (Å²) in [5.74, 6) is -1.99. The van der Waals surface area contributed by atoms with Gasteiger partial charge in [0.05, 0.1) is 40.5 Å². The molecule has 0 radical (unpaired) electrons. The summed E-state index contributed by atoms with van der Waals surface area (Å²) in [7, 11) is 5.37. The molecule has 0 unspecified atom stereocenters. The van der Waals surface area contributed by atoms with Crippen LogP contribution in [0.2, 0.25) is 5.02 Å². The van der Waals surface area contributed by atoms with Gasteiger partial charge in [0, 0.05) is 57.3 Å². The number of fused-ring (bicyclic) bond motifs is 3. The highest BCUT2D eigenvalue weighted by Gasteiger charge is 2.49. The molecule has 0 N–H and O–H groups in total. The van der Waals surface area contributed by atoms with E-state index in [4.69, 9.17) is 11.6 Å². The highest BCUT2D eigenvalue weighted by molar-refractivity contribution is 6.34. The lowest BCUT2D eigenvalue weighted by molar-refractivity contribution is -0.137. The molecule has 51 heavy (non-hydrogen) atoms. The second kappa shape index (κ2) is 14.0. The third-order valence-electron chi connectivity index (χ3n) is 9.58. The van der Waals surface area contributed by atoms with Gasteiger partial charge in [0.1, 0.15) is 11.9 Å². The molecular weight excluding hydrogens is 683 g/mol. The lowest BCUT2D eigenvalue weighted by Gasteiger charge is -2.39. The monoisotopic (exact) mass is 719 g/mol. The Morgan fingerprint density at radius 3 is 2.63 bits per heavy atom. The Kier molecular flexibility index (Phi) is 9.85. The molecule has 0 saturated carbocycles. The summed E-state index contributed by atoms with van der Waals surface area (Å²) in [6.45, 7) is 2.85. The van der Waals surface area contributed by atoms with E-state index in [2.05, 4.69) is 11.1 Å². The molecule has 0 aliphatic carbocycles. The summed E-state index contributed by atoms with van der Waals surface area (Å²) < 4.78 is 41.4. The van der Waals surface area contributed by atoms with Crippen molar-refractivity contribution >= 4 is 46.5 Å². The Morgan fingerprint density at radius 2 is 1.92 bits per heavy atom. The average Bonchev–Trinajstić information content (AvgIpc) is 3.58. The second-order valence-corrected chi connectivity index (χ2v) is 13.9. The maximum atomic E-state index is 14.2. The van der Waals surface area contributed by atoms with Crippen LogP contribution in [0.15, 0.2) is 60.7 Å². The second-order valence-electron chi connectivity index (χ2n) is 13.5. The summed E-state index contributed by atoms with van der Waals surface area (Å²) in [6, 6.07) is 13.4. The minimum Gasteiger partial charge on any atom is -0.364 e. The molecule has 2 aromatic carbocycles. The molecule has 1 fully saturated rings. The summed E-state index contributed by atoms with van der Waals surface area (Å²) in [5, 5.41) is 10.1. The molecule has 3 amide bonds. The summed E-state index contributed by atoms with van der Waals surface area (Å²) in [4.78, 5) is 53.4. The predicted octanol–water partition coefficient (Wildman–Crippen LogP) is 5.88. The van der Waals surface area contributed by atoms with Crippen LogP contribution in [0.1, 0.15) is 46.8 Å². The SMILES string of the molecule is Cc1cc(C(F)(F)F)cc(N2C(=O)C[C@@H]3CN(Cc4ccc5c(c4)[C@H](CC#N)N(C(=O)/C=C/CN(C)C)C5)c4c(Cl)cccc4N(C)C(=O)[C@H]32)n1. The highest BCUT2D eigenvalue weighted by atomic mass is 35.5. The molecule has 14 heteroatoms. The normalized spacial score (nSPS) is 20.4. The lowest BCUT2D eigenvalue weighted by atomic mass is 9.94. The summed E-state index contributed by atoms with van der Waals surface area (Å²) in [6.07, 6.45) is -1.33. The molecule has 3 aliphatic rings. The van der Waals surface area contributed by atoms with Crippen LogP contribution in [0.5, 0.6) is 0 Å². The third-order valence-corrected chi connectivity index (χ3v) is 9.89. The zero-order valence-corrected chi connectivity index (χ0v) is 29.4. The van der Waals surface area contributed by atoms with Gasteiger partial charge in [-0.3, -0.25) is 19.3 Å². The number of aryl methyl sites for hydroxylation is 1. The number of anilines is 3. The number of carbonyl (C=O) groups is 3. The van der Waals surface area contributed by atoms with E-state index in [1.54, 1.807) is 36.2 Å². The van der Waals surface area contributed by atoms with Gasteiger partial charge in [0.25, 0.3) is 0 Å². The highest BCUT2D eigenvalue weighted by Crippen LogP contribution is 2.44. The predicted molar refractivity (Wildman–Crippen MR) is 187 cm³/mol. The first-order chi connectivity index (χ1) is 24.2. The van der Waals surface area contributed by atoms with Gasteiger partial charge in [0.15, 0.2) is 0 Å². The van der Waals surface area contributed by atoms with Gasteiger partial charge in [0.2, 0.25) is 17.7 Å². The summed E-state index contributed by atoms with van der Waals surface area (Å²) in [5.41, 5.74) is 2.81. The first-order valence-electron chi connectivity index (χ1n) is 16.5. The van der Waals surface area contributed by atoms with Crippen molar-refractivity contribution in [2.45, 2.75) is 51.1 Å². The fourth-order valence-electron chi connectivity index (χ4n) is 7.28. The standard InChI is InChI=1S/C37H37ClF3N7O3/c1-22-15-26(37(39,40)41)18-31(43-22)48-33(50)17-25-20-46(35-28(38)7-5-8-30(35)45(4)36(51)34(25)48)19-23-10-11-24-21-47(29(12-13-42)27(24)16-23)32(49)9-6-14-44(2)3/h5-11,15-16,18,25,29,34H,12,14,17,19-21H2,1-4H3/b9-6+/t25-,29+,34+/m1/s1. The van der Waals surface area contributed by atoms with Crippen molar-refractivity contribution in [1.82, 2.24) is 14.8 Å². The molecule has 1 aromatic heterocycles. The summed E-state index contributed by atoms with van der Waals surface area (Å²) >= 11 is 6.83. The number of nitrogens with zero attached hydrogens (tertiary/aromatic N) is 7. The zero-order chi connectivity index (χ0) is 36.8. The smallest absolute Gasteiger partial charge is 0.364 e. The van der Waals surface area contributed by atoms with Gasteiger partial charge in [-0.2, -0.15) is 18.4 Å². The Hall–Kier alpha value is -4.93. The molecule has 266 valence electrons. The number of aromatic nitrogens is 1. The fraction of sp³-hybridized carbons (Fsp3) is 0.378. The zero-order valence-electron chi connectivity index (χ0n) is 28.6. The number of amides is 3. The maximum absolute atomic E-state index is 14.2. The van der Waals surface area contributed by atoms with Gasteiger partial charge in [-0.05, 0) is 62.0 Å². The number of benzene rings is 2. The van der Waals surface area contributed by atoms with E-state index in [-0.39, 0.29) is 36.8 Å². The molecule has 10 nitrogen and oxygen atoms in total. The molecule has 3 atom stereocenters. The van der Waals surface area contributed by atoms with Crippen LogP contribution in [0.3, 0.4) is 0 Å². The van der Waals surface area contributed by atoms with Crippen molar-refractivity contribution in [1.29, 1.82) is 5.26 Å². The van der Waals surface area contributed by atoms with Crippen LogP contribution in [0.25, 0.3) is 0 Å². The number of pyridine rings is 1. The van der Waals surface area contributed by atoms with Crippen molar-refractivity contribution < 1.29 is 27.6 Å². The van der Waals surface area contributed by atoms with Gasteiger partial charge >= 0.3 is 6.18 Å². The molecule has 3 aliphatic heterocycles. The van der Waals surface area contributed by atoms with Crippen LogP contribution in [0, 0.1) is 24.2 Å². The Bertz CT molecular complexity index is 1960. The van der Waals surface area contributed by atoms with E-state index in [0.29, 0.717) is 36.0 Å². The number of alkyl halides is 3. The van der Waals surface area contributed by atoms with E-state index in [1.807, 2.05) is 42.1 Å². The minimum absolute atomic E-state index is 0.0673. The number of likely N-dealkylation sites (N-methyl/N-ethyl adjacent to an activating group) is 2. The average molecular weight is 720 g/mol. The van der Waals surface area contributed by atoms with Crippen molar-refractivity contribution in [3.05, 3.63) is 93.7 Å². The number of halogens is 4. The number of para-hydroxylation sites is 1. The topological polar surface area (TPSA) is 104 Å². The fourth-order valence-corrected chi connectivity index (χ4v) is 7.57. The van der Waals surface area contributed by atoms with Crippen LogP contribution in [0.4, 0.5) is 30.4 Å². The quantitative estimate of drug-likeness (QED) is 0.281. The van der Waals surface area contributed by atoms with E-state index >= 15 is 0 Å². The molecule has 1 saturated heterocycles. The lowest BCUT2D eigenvalue weighted by Crippen LogP contribution is -2.52. The maximum Gasteiger partial charge on any atom is 0.416 e. The third kappa shape index (κ3) is 7.03. The molecule has 6 rings (SSSR count). The van der Waals surface area contributed by atoms with Crippen LogP contribution in [-0.2, 0) is 33.6 Å². The van der Waals surface area contributed by atoms with E-state index in [1.165, 1.54) is 17.9 Å². The molecule has 0 spiro atoms. The first kappa shape index (κ1) is 35.9.